The molecule has 0 saturated carbocycles. The summed E-state index contributed by atoms with van der Waals surface area (Å²) in [6.07, 6.45) is 2.82. The Balaban J connectivity index is 1.35. The number of carbonyl (C=O) groups is 1. The van der Waals surface area contributed by atoms with Gasteiger partial charge < -0.3 is 24.3 Å². The summed E-state index contributed by atoms with van der Waals surface area (Å²) in [5.41, 5.74) is 7.11. The zero-order valence-electron chi connectivity index (χ0n) is 26.3. The average molecular weight is 604 g/mol. The highest BCUT2D eigenvalue weighted by Gasteiger charge is 2.23. The number of hydrogen-bond donors (Lipinski definition) is 1. The predicted molar refractivity (Wildman–Crippen MR) is 180 cm³/mol. The van der Waals surface area contributed by atoms with Crippen LogP contribution < -0.4 is 14.8 Å². The standard InChI is InChI=1S/C37H41N5O3/c1-4-45-32-13-15-34-30(22-32)23-35(40(34)2)37(43)42-20-19-41(25-27-9-6-5-7-10-27)18-8-17-38-33-14-11-28(21-31(33)26-42)29-12-16-36(44-3)39-24-29/h5-7,9-16,21-24,38H,4,8,17-20,25-26H2,1-3H3. The summed E-state index contributed by atoms with van der Waals surface area (Å²) in [5, 5.41) is 4.67. The lowest BCUT2D eigenvalue weighted by Gasteiger charge is -2.28. The van der Waals surface area contributed by atoms with Crippen molar-refractivity contribution >= 4 is 22.5 Å². The highest BCUT2D eigenvalue weighted by atomic mass is 16.5. The van der Waals surface area contributed by atoms with Crippen LogP contribution in [0.5, 0.6) is 11.6 Å². The Morgan fingerprint density at radius 1 is 0.933 bits per heavy atom. The maximum Gasteiger partial charge on any atom is 0.270 e. The number of hydrogen-bond acceptors (Lipinski definition) is 6. The number of nitrogens with zero attached hydrogens (tertiary/aromatic N) is 4. The second-order valence-corrected chi connectivity index (χ2v) is 11.5. The first kappa shape index (κ1) is 30.2. The van der Waals surface area contributed by atoms with Gasteiger partial charge in [0, 0.05) is 80.7 Å². The van der Waals surface area contributed by atoms with Crippen molar-refractivity contribution in [2.45, 2.75) is 26.4 Å². The first-order valence-electron chi connectivity index (χ1n) is 15.7. The lowest BCUT2D eigenvalue weighted by molar-refractivity contribution is 0.0711. The van der Waals surface area contributed by atoms with Crippen LogP contribution in [-0.4, -0.2) is 65.2 Å². The van der Waals surface area contributed by atoms with E-state index in [1.807, 2.05) is 66.0 Å². The molecule has 3 heterocycles. The molecule has 1 aliphatic rings. The van der Waals surface area contributed by atoms with Gasteiger partial charge in [0.25, 0.3) is 5.91 Å². The van der Waals surface area contributed by atoms with Crippen molar-refractivity contribution in [2.75, 3.05) is 45.2 Å². The van der Waals surface area contributed by atoms with Crippen molar-refractivity contribution in [3.63, 3.8) is 0 Å². The second-order valence-electron chi connectivity index (χ2n) is 11.5. The highest BCUT2D eigenvalue weighted by molar-refractivity contribution is 5.99. The number of pyridine rings is 1. The number of methoxy groups -OCH3 is 1. The SMILES string of the molecule is CCOc1ccc2c(c1)cc(C(=O)N1CCN(Cc3ccccc3)CCCNc3ccc(-c4ccc(OC)nc4)cc3C1)n2C. The summed E-state index contributed by atoms with van der Waals surface area (Å²) in [5.74, 6) is 1.39. The predicted octanol–water partition coefficient (Wildman–Crippen LogP) is 6.61. The number of fused-ring (bicyclic) bond motifs is 2. The molecule has 2 aromatic heterocycles. The molecule has 1 aliphatic heterocycles. The minimum absolute atomic E-state index is 0.00744. The molecule has 0 spiro atoms. The van der Waals surface area contributed by atoms with Gasteiger partial charge in [0.15, 0.2) is 0 Å². The van der Waals surface area contributed by atoms with Gasteiger partial charge in [-0.2, -0.15) is 0 Å². The first-order valence-corrected chi connectivity index (χ1v) is 15.7. The summed E-state index contributed by atoms with van der Waals surface area (Å²) in [6.45, 7) is 7.05. The van der Waals surface area contributed by atoms with Gasteiger partial charge in [0.05, 0.1) is 13.7 Å². The van der Waals surface area contributed by atoms with Crippen LogP contribution in [0.1, 0.15) is 35.0 Å². The van der Waals surface area contributed by atoms with Crippen LogP contribution in [0.4, 0.5) is 5.69 Å². The second kappa shape index (κ2) is 13.9. The van der Waals surface area contributed by atoms with E-state index in [2.05, 4.69) is 63.7 Å². The summed E-state index contributed by atoms with van der Waals surface area (Å²) in [7, 11) is 3.58. The molecule has 0 unspecified atom stereocenters. The van der Waals surface area contributed by atoms with Crippen molar-refractivity contribution in [2.24, 2.45) is 7.05 Å². The van der Waals surface area contributed by atoms with E-state index in [0.29, 0.717) is 31.3 Å². The molecule has 232 valence electrons. The van der Waals surface area contributed by atoms with Crippen LogP contribution in [0.3, 0.4) is 0 Å². The minimum Gasteiger partial charge on any atom is -0.494 e. The van der Waals surface area contributed by atoms with E-state index in [1.165, 1.54) is 5.56 Å². The third kappa shape index (κ3) is 6.97. The number of anilines is 1. The van der Waals surface area contributed by atoms with Gasteiger partial charge >= 0.3 is 0 Å². The Morgan fingerprint density at radius 3 is 2.56 bits per heavy atom. The van der Waals surface area contributed by atoms with Crippen molar-refractivity contribution in [1.82, 2.24) is 19.4 Å². The third-order valence-corrected chi connectivity index (χ3v) is 8.48. The van der Waals surface area contributed by atoms with E-state index in [0.717, 1.165) is 71.6 Å². The Morgan fingerprint density at radius 2 is 1.78 bits per heavy atom. The molecule has 8 heteroatoms. The number of aryl methyl sites for hydroxylation is 1. The molecule has 6 rings (SSSR count). The summed E-state index contributed by atoms with van der Waals surface area (Å²) in [4.78, 5) is 23.3. The van der Waals surface area contributed by atoms with Crippen molar-refractivity contribution in [3.8, 4) is 22.8 Å². The van der Waals surface area contributed by atoms with E-state index < -0.39 is 0 Å². The number of carbonyl (C=O) groups excluding carboxylic acids is 1. The zero-order chi connectivity index (χ0) is 31.2. The van der Waals surface area contributed by atoms with Gasteiger partial charge in [-0.05, 0) is 72.5 Å². The lowest BCUT2D eigenvalue weighted by Crippen LogP contribution is -2.39. The maximum atomic E-state index is 14.5. The van der Waals surface area contributed by atoms with Crippen LogP contribution in [0.25, 0.3) is 22.0 Å². The molecule has 45 heavy (non-hydrogen) atoms. The van der Waals surface area contributed by atoms with Crippen molar-refractivity contribution in [3.05, 3.63) is 108 Å². The fourth-order valence-electron chi connectivity index (χ4n) is 6.06. The smallest absolute Gasteiger partial charge is 0.270 e. The normalized spacial score (nSPS) is 14.3. The van der Waals surface area contributed by atoms with Crippen LogP contribution in [-0.2, 0) is 20.1 Å². The molecule has 1 N–H and O–H groups in total. The number of amides is 1. The summed E-state index contributed by atoms with van der Waals surface area (Å²) in [6, 6.07) is 28.9. The third-order valence-electron chi connectivity index (χ3n) is 8.48. The monoisotopic (exact) mass is 603 g/mol. The molecule has 0 radical (unpaired) electrons. The van der Waals surface area contributed by atoms with Gasteiger partial charge in [0.1, 0.15) is 11.4 Å². The Bertz CT molecular complexity index is 1750. The maximum absolute atomic E-state index is 14.5. The van der Waals surface area contributed by atoms with E-state index in [4.69, 9.17) is 9.47 Å². The molecule has 3 aromatic carbocycles. The first-order chi connectivity index (χ1) is 22.0. The van der Waals surface area contributed by atoms with Gasteiger partial charge in [-0.15, -0.1) is 0 Å². The van der Waals surface area contributed by atoms with Crippen molar-refractivity contribution in [1.29, 1.82) is 0 Å². The topological polar surface area (TPSA) is 71.9 Å². The zero-order valence-corrected chi connectivity index (χ0v) is 26.3. The van der Waals surface area contributed by atoms with Crippen LogP contribution in [0.15, 0.2) is 91.1 Å². The molecule has 0 saturated heterocycles. The lowest BCUT2D eigenvalue weighted by atomic mass is 10.0. The molecule has 0 aliphatic carbocycles. The van der Waals surface area contributed by atoms with Crippen LogP contribution in [0.2, 0.25) is 0 Å². The minimum atomic E-state index is 0.00744. The summed E-state index contributed by atoms with van der Waals surface area (Å²) >= 11 is 0. The number of ether oxygens (including phenoxy) is 2. The highest BCUT2D eigenvalue weighted by Crippen LogP contribution is 2.29. The summed E-state index contributed by atoms with van der Waals surface area (Å²) < 4.78 is 13.0. The van der Waals surface area contributed by atoms with E-state index in [-0.39, 0.29) is 5.91 Å². The number of nitrogens with one attached hydrogen (secondary N) is 1. The average Bonchev–Trinajstić information content (AvgIpc) is 3.38. The Labute approximate surface area is 265 Å². The van der Waals surface area contributed by atoms with E-state index in [9.17, 15) is 4.79 Å². The molecule has 0 fully saturated rings. The molecular formula is C37H41N5O3. The largest absolute Gasteiger partial charge is 0.494 e. The number of benzene rings is 3. The molecule has 0 bridgehead atoms. The van der Waals surface area contributed by atoms with E-state index >= 15 is 0 Å². The Kier molecular flexibility index (Phi) is 9.31. The van der Waals surface area contributed by atoms with Gasteiger partial charge in [-0.1, -0.05) is 36.4 Å². The van der Waals surface area contributed by atoms with Gasteiger partial charge in [-0.3, -0.25) is 9.69 Å². The van der Waals surface area contributed by atoms with Gasteiger partial charge in [-0.25, -0.2) is 4.98 Å². The molecule has 8 nitrogen and oxygen atoms in total. The van der Waals surface area contributed by atoms with Crippen LogP contribution in [0, 0.1) is 0 Å². The van der Waals surface area contributed by atoms with Gasteiger partial charge in [0.2, 0.25) is 5.88 Å². The number of aromatic nitrogens is 2. The van der Waals surface area contributed by atoms with E-state index in [1.54, 1.807) is 7.11 Å². The fraction of sp³-hybridized carbons (Fsp3) is 0.297. The number of rotatable bonds is 7. The van der Waals surface area contributed by atoms with Crippen LogP contribution >= 0.6 is 0 Å². The fourth-order valence-corrected chi connectivity index (χ4v) is 6.06. The molecular weight excluding hydrogens is 562 g/mol. The van der Waals surface area contributed by atoms with Crippen molar-refractivity contribution < 1.29 is 14.3 Å². The molecule has 5 aromatic rings. The Hall–Kier alpha value is -4.82. The molecule has 1 amide bonds. The molecule has 0 atom stereocenters. The quantitative estimate of drug-likeness (QED) is 0.226.